The molecule has 0 fully saturated rings. The number of carbonyl (C=O) groups is 1. The molecule has 0 saturated heterocycles. The van der Waals surface area contributed by atoms with E-state index in [1.807, 2.05) is 6.07 Å². The van der Waals surface area contributed by atoms with Crippen molar-refractivity contribution in [3.05, 3.63) is 29.7 Å². The fourth-order valence-corrected chi connectivity index (χ4v) is 1.62. The second-order valence-electron chi connectivity index (χ2n) is 4.14. The lowest BCUT2D eigenvalue weighted by Gasteiger charge is -2.06. The molecule has 0 aliphatic rings. The van der Waals surface area contributed by atoms with Gasteiger partial charge in [0.1, 0.15) is 0 Å². The maximum absolute atomic E-state index is 10.8. The first kappa shape index (κ1) is 10.6. The second kappa shape index (κ2) is 3.92. The Kier molecular flexibility index (Phi) is 2.60. The minimum absolute atomic E-state index is 0.0312. The Hall–Kier alpha value is -1.91. The highest BCUT2D eigenvalue weighted by atomic mass is 16.4. The summed E-state index contributed by atoms with van der Waals surface area (Å²) in [4.78, 5) is 14.9. The van der Waals surface area contributed by atoms with Gasteiger partial charge in [0.2, 0.25) is 0 Å². The van der Waals surface area contributed by atoms with E-state index in [9.17, 15) is 4.79 Å². The van der Waals surface area contributed by atoms with Crippen molar-refractivity contribution in [1.82, 2.24) is 14.6 Å². The van der Waals surface area contributed by atoms with Crippen LogP contribution in [0.15, 0.2) is 18.3 Å². The van der Waals surface area contributed by atoms with Gasteiger partial charge in [-0.15, -0.1) is 0 Å². The van der Waals surface area contributed by atoms with E-state index < -0.39 is 5.97 Å². The predicted octanol–water partition coefficient (Wildman–Crippen LogP) is 1.63. The van der Waals surface area contributed by atoms with E-state index in [1.165, 1.54) is 6.07 Å². The molecule has 2 rings (SSSR count). The Morgan fingerprint density at radius 2 is 2.31 bits per heavy atom. The molecule has 84 valence electrons. The van der Waals surface area contributed by atoms with Crippen molar-refractivity contribution in [2.24, 2.45) is 5.92 Å². The van der Waals surface area contributed by atoms with E-state index in [-0.39, 0.29) is 5.69 Å². The van der Waals surface area contributed by atoms with Crippen LogP contribution in [0.2, 0.25) is 0 Å². The molecule has 0 saturated carbocycles. The zero-order chi connectivity index (χ0) is 11.7. The van der Waals surface area contributed by atoms with E-state index in [1.54, 1.807) is 10.7 Å². The lowest BCUT2D eigenvalue weighted by atomic mass is 10.1. The molecule has 2 aromatic rings. The lowest BCUT2D eigenvalue weighted by molar-refractivity contribution is 0.0690. The molecule has 0 radical (unpaired) electrons. The zero-order valence-electron chi connectivity index (χ0n) is 9.21. The summed E-state index contributed by atoms with van der Waals surface area (Å²) in [5.74, 6) is -0.538. The summed E-state index contributed by atoms with van der Waals surface area (Å²) >= 11 is 0. The molecular formula is C11H13N3O2. The summed E-state index contributed by atoms with van der Waals surface area (Å²) in [6, 6.07) is 3.35. The highest BCUT2D eigenvalue weighted by molar-refractivity contribution is 5.86. The first-order valence-electron chi connectivity index (χ1n) is 5.15. The number of hydrogen-bond acceptors (Lipinski definition) is 3. The fraction of sp³-hybridized carbons (Fsp3) is 0.364. The molecule has 2 aromatic heterocycles. The van der Waals surface area contributed by atoms with Crippen LogP contribution >= 0.6 is 0 Å². The monoisotopic (exact) mass is 219 g/mol. The molecule has 16 heavy (non-hydrogen) atoms. The summed E-state index contributed by atoms with van der Waals surface area (Å²) in [5, 5.41) is 12.9. The van der Waals surface area contributed by atoms with Crippen molar-refractivity contribution in [2.75, 3.05) is 0 Å². The van der Waals surface area contributed by atoms with Crippen molar-refractivity contribution in [3.63, 3.8) is 0 Å². The quantitative estimate of drug-likeness (QED) is 0.851. The number of carboxylic acid groups (broad SMARTS) is 1. The maximum Gasteiger partial charge on any atom is 0.356 e. The lowest BCUT2D eigenvalue weighted by Crippen LogP contribution is -2.05. The number of nitrogens with zero attached hydrogens (tertiary/aromatic N) is 3. The van der Waals surface area contributed by atoms with Gasteiger partial charge >= 0.3 is 5.97 Å². The van der Waals surface area contributed by atoms with Gasteiger partial charge in [-0.3, -0.25) is 0 Å². The smallest absolute Gasteiger partial charge is 0.356 e. The second-order valence-corrected chi connectivity index (χ2v) is 4.14. The van der Waals surface area contributed by atoms with Gasteiger partial charge in [0, 0.05) is 18.0 Å². The molecule has 0 aliphatic heterocycles. The van der Waals surface area contributed by atoms with Gasteiger partial charge < -0.3 is 5.11 Å². The van der Waals surface area contributed by atoms with Gasteiger partial charge in [0.15, 0.2) is 11.3 Å². The Bertz CT molecular complexity index is 531. The predicted molar refractivity (Wildman–Crippen MR) is 58.5 cm³/mol. The van der Waals surface area contributed by atoms with Gasteiger partial charge in [-0.25, -0.2) is 14.3 Å². The van der Waals surface area contributed by atoms with Crippen LogP contribution in [-0.2, 0) is 6.42 Å². The topological polar surface area (TPSA) is 67.5 Å². The first-order chi connectivity index (χ1) is 7.58. The third kappa shape index (κ3) is 1.88. The zero-order valence-corrected chi connectivity index (χ0v) is 9.21. The fourth-order valence-electron chi connectivity index (χ4n) is 1.62. The minimum Gasteiger partial charge on any atom is -0.476 e. The summed E-state index contributed by atoms with van der Waals surface area (Å²) in [6.07, 6.45) is 2.53. The number of aromatic carboxylic acids is 1. The average Bonchev–Trinajstić information content (AvgIpc) is 2.61. The van der Waals surface area contributed by atoms with Crippen molar-refractivity contribution in [3.8, 4) is 0 Å². The summed E-state index contributed by atoms with van der Waals surface area (Å²) in [6.45, 7) is 4.21. The highest BCUT2D eigenvalue weighted by Gasteiger charge is 2.12. The van der Waals surface area contributed by atoms with E-state index in [0.29, 0.717) is 11.6 Å². The Balaban J connectivity index is 2.54. The van der Waals surface area contributed by atoms with Crippen LogP contribution in [0.1, 0.15) is 30.0 Å². The Morgan fingerprint density at radius 1 is 1.56 bits per heavy atom. The van der Waals surface area contributed by atoms with Crippen LogP contribution in [0.25, 0.3) is 5.65 Å². The highest BCUT2D eigenvalue weighted by Crippen LogP contribution is 2.11. The maximum atomic E-state index is 10.8. The van der Waals surface area contributed by atoms with E-state index >= 15 is 0 Å². The van der Waals surface area contributed by atoms with Crippen molar-refractivity contribution >= 4 is 11.6 Å². The van der Waals surface area contributed by atoms with E-state index in [0.717, 1.165) is 12.1 Å². The van der Waals surface area contributed by atoms with Crippen LogP contribution in [0.5, 0.6) is 0 Å². The molecule has 2 heterocycles. The first-order valence-corrected chi connectivity index (χ1v) is 5.15. The Morgan fingerprint density at radius 3 is 2.94 bits per heavy atom. The van der Waals surface area contributed by atoms with Gasteiger partial charge in [-0.1, -0.05) is 13.8 Å². The van der Waals surface area contributed by atoms with Crippen molar-refractivity contribution in [2.45, 2.75) is 20.3 Å². The third-order valence-electron chi connectivity index (χ3n) is 2.27. The molecule has 0 atom stereocenters. The molecule has 5 heteroatoms. The minimum atomic E-state index is -1.03. The number of aromatic nitrogens is 3. The number of rotatable bonds is 3. The van der Waals surface area contributed by atoms with E-state index in [4.69, 9.17) is 5.11 Å². The largest absolute Gasteiger partial charge is 0.476 e. The third-order valence-corrected chi connectivity index (χ3v) is 2.27. The van der Waals surface area contributed by atoms with Gasteiger partial charge in [-0.05, 0) is 18.4 Å². The summed E-state index contributed by atoms with van der Waals surface area (Å²) in [7, 11) is 0. The number of carboxylic acids is 1. The van der Waals surface area contributed by atoms with Crippen LogP contribution in [0.3, 0.4) is 0 Å². The molecule has 0 amide bonds. The molecule has 5 nitrogen and oxygen atoms in total. The van der Waals surface area contributed by atoms with Crippen LogP contribution in [-0.4, -0.2) is 25.7 Å². The van der Waals surface area contributed by atoms with Crippen molar-refractivity contribution < 1.29 is 9.90 Å². The average molecular weight is 219 g/mol. The SMILES string of the molecule is CC(C)Cc1ccnc2cc(C(=O)O)nn12. The molecule has 0 aromatic carbocycles. The Labute approximate surface area is 92.7 Å². The van der Waals surface area contributed by atoms with Crippen LogP contribution in [0, 0.1) is 5.92 Å². The molecule has 0 unspecified atom stereocenters. The van der Waals surface area contributed by atoms with Crippen LogP contribution < -0.4 is 0 Å². The van der Waals surface area contributed by atoms with Gasteiger partial charge in [0.25, 0.3) is 0 Å². The summed E-state index contributed by atoms with van der Waals surface area (Å²) in [5.41, 5.74) is 1.59. The molecule has 0 bridgehead atoms. The normalized spacial score (nSPS) is 11.2. The molecule has 0 spiro atoms. The molecular weight excluding hydrogens is 206 g/mol. The number of hydrogen-bond donors (Lipinski definition) is 1. The standard InChI is InChI=1S/C11H13N3O2/c1-7(2)5-8-3-4-12-10-6-9(11(15)16)13-14(8)10/h3-4,6-7H,5H2,1-2H3,(H,15,16). The van der Waals surface area contributed by atoms with Crippen LogP contribution in [0.4, 0.5) is 0 Å². The van der Waals surface area contributed by atoms with Gasteiger partial charge in [0.05, 0.1) is 0 Å². The number of fused-ring (bicyclic) bond motifs is 1. The van der Waals surface area contributed by atoms with Gasteiger partial charge in [-0.2, -0.15) is 5.10 Å². The molecule has 0 aliphatic carbocycles. The molecule has 1 N–H and O–H groups in total. The summed E-state index contributed by atoms with van der Waals surface area (Å²) < 4.78 is 1.60. The van der Waals surface area contributed by atoms with E-state index in [2.05, 4.69) is 23.9 Å². The van der Waals surface area contributed by atoms with Crippen molar-refractivity contribution in [1.29, 1.82) is 0 Å².